The molecule has 3 aromatic carbocycles. The molecule has 0 radical (unpaired) electrons. The first-order valence-corrected chi connectivity index (χ1v) is 12.7. The number of hydrogen-bond acceptors (Lipinski definition) is 4. The topological polar surface area (TPSA) is 71.4 Å². The van der Waals surface area contributed by atoms with Crippen molar-refractivity contribution < 1.29 is 18.8 Å². The van der Waals surface area contributed by atoms with E-state index in [1.165, 1.54) is 29.8 Å². The largest absolute Gasteiger partial charge is 0.342 e. The number of thioether (sulfide) groups is 1. The Morgan fingerprint density at radius 1 is 1.00 bits per heavy atom. The first-order valence-electron chi connectivity index (χ1n) is 11.9. The van der Waals surface area contributed by atoms with Gasteiger partial charge in [-0.05, 0) is 59.7 Å². The highest BCUT2D eigenvalue weighted by molar-refractivity contribution is 8.18. The van der Waals surface area contributed by atoms with Crippen LogP contribution in [0, 0.1) is 5.82 Å². The van der Waals surface area contributed by atoms with Crippen molar-refractivity contribution >= 4 is 51.5 Å². The number of carbonyl (C=O) groups excluding carboxylic acids is 3. The lowest BCUT2D eigenvalue weighted by molar-refractivity contribution is -0.127. The van der Waals surface area contributed by atoms with Crippen molar-refractivity contribution in [3.8, 4) is 0 Å². The first-order chi connectivity index (χ1) is 17.9. The van der Waals surface area contributed by atoms with E-state index >= 15 is 0 Å². The summed E-state index contributed by atoms with van der Waals surface area (Å²) in [6.07, 6.45) is 4.59. The average molecular weight is 514 g/mol. The van der Waals surface area contributed by atoms with Gasteiger partial charge in [0.2, 0.25) is 5.91 Å². The number of fused-ring (bicyclic) bond motifs is 1. The number of aromatic nitrogens is 1. The molecule has 186 valence electrons. The molecule has 1 N–H and O–H groups in total. The van der Waals surface area contributed by atoms with Crippen molar-refractivity contribution in [2.75, 3.05) is 11.9 Å². The highest BCUT2D eigenvalue weighted by atomic mass is 32.2. The summed E-state index contributed by atoms with van der Waals surface area (Å²) in [6.45, 7) is 2.36. The molecular formula is C29H24FN3O3S. The fourth-order valence-corrected chi connectivity index (χ4v) is 5.25. The summed E-state index contributed by atoms with van der Waals surface area (Å²) in [6, 6.07) is 21.5. The van der Waals surface area contributed by atoms with Crippen molar-refractivity contribution in [2.24, 2.45) is 0 Å². The Hall–Kier alpha value is -4.17. The number of para-hydroxylation sites is 1. The van der Waals surface area contributed by atoms with E-state index in [2.05, 4.69) is 35.0 Å². The standard InChI is InChI=1S/C29H24FN3O3S/c1-2-20-9-6-10-24-21(17-32(27(20)24)16-19-7-4-3-5-8-19)15-25-28(35)33(29(36)37-25)18-26(34)31-23-13-11-22(30)12-14-23/h3-15,17H,2,16,18H2,1H3,(H,31,34)/b25-15-. The number of carbonyl (C=O) groups is 3. The normalized spacial score (nSPS) is 14.6. The molecule has 1 saturated heterocycles. The van der Waals surface area contributed by atoms with Gasteiger partial charge in [0.05, 0.1) is 10.4 Å². The zero-order valence-corrected chi connectivity index (χ0v) is 20.9. The fourth-order valence-electron chi connectivity index (χ4n) is 4.43. The van der Waals surface area contributed by atoms with Gasteiger partial charge >= 0.3 is 0 Å². The highest BCUT2D eigenvalue weighted by Crippen LogP contribution is 2.35. The summed E-state index contributed by atoms with van der Waals surface area (Å²) in [7, 11) is 0. The van der Waals surface area contributed by atoms with E-state index < -0.39 is 29.4 Å². The van der Waals surface area contributed by atoms with Crippen molar-refractivity contribution in [1.29, 1.82) is 0 Å². The second kappa shape index (κ2) is 10.4. The summed E-state index contributed by atoms with van der Waals surface area (Å²) in [5.74, 6) is -1.48. The molecule has 0 saturated carbocycles. The molecule has 8 heteroatoms. The molecule has 5 rings (SSSR count). The van der Waals surface area contributed by atoms with Crippen LogP contribution in [0.3, 0.4) is 0 Å². The lowest BCUT2D eigenvalue weighted by Crippen LogP contribution is -2.36. The van der Waals surface area contributed by atoms with Crippen molar-refractivity contribution in [3.63, 3.8) is 0 Å². The van der Waals surface area contributed by atoms with Crippen molar-refractivity contribution in [3.05, 3.63) is 106 Å². The van der Waals surface area contributed by atoms with Gasteiger partial charge in [0.1, 0.15) is 12.4 Å². The minimum absolute atomic E-state index is 0.264. The third kappa shape index (κ3) is 5.20. The third-order valence-corrected chi connectivity index (χ3v) is 7.09. The van der Waals surface area contributed by atoms with E-state index in [9.17, 15) is 18.8 Å². The van der Waals surface area contributed by atoms with Crippen LogP contribution >= 0.6 is 11.8 Å². The Morgan fingerprint density at radius 3 is 2.49 bits per heavy atom. The number of nitrogens with zero attached hydrogens (tertiary/aromatic N) is 2. The van der Waals surface area contributed by atoms with Gasteiger partial charge in [-0.2, -0.15) is 0 Å². The second-order valence-electron chi connectivity index (χ2n) is 8.69. The number of hydrogen-bond donors (Lipinski definition) is 1. The number of nitrogens with one attached hydrogen (secondary N) is 1. The molecule has 0 atom stereocenters. The third-order valence-electron chi connectivity index (χ3n) is 6.18. The molecule has 0 spiro atoms. The van der Waals surface area contributed by atoms with Crippen molar-refractivity contribution in [1.82, 2.24) is 9.47 Å². The molecular weight excluding hydrogens is 489 g/mol. The van der Waals surface area contributed by atoms with Crippen LogP contribution in [-0.4, -0.2) is 33.1 Å². The molecule has 3 amide bonds. The number of imide groups is 1. The molecule has 6 nitrogen and oxygen atoms in total. The van der Waals surface area contributed by atoms with Crippen LogP contribution in [0.2, 0.25) is 0 Å². The van der Waals surface area contributed by atoms with Crippen LogP contribution in [-0.2, 0) is 22.6 Å². The van der Waals surface area contributed by atoms with Gasteiger partial charge in [0.15, 0.2) is 0 Å². The maximum absolute atomic E-state index is 13.1. The molecule has 4 aromatic rings. The monoisotopic (exact) mass is 513 g/mol. The van der Waals surface area contributed by atoms with Crippen LogP contribution in [0.1, 0.15) is 23.6 Å². The van der Waals surface area contributed by atoms with Crippen LogP contribution < -0.4 is 5.32 Å². The van der Waals surface area contributed by atoms with E-state index in [0.29, 0.717) is 12.2 Å². The van der Waals surface area contributed by atoms with E-state index in [4.69, 9.17) is 0 Å². The van der Waals surface area contributed by atoms with Gasteiger partial charge in [-0.3, -0.25) is 19.3 Å². The quantitative estimate of drug-likeness (QED) is 0.305. The Labute approximate surface area is 217 Å². The smallest absolute Gasteiger partial charge is 0.294 e. The lowest BCUT2D eigenvalue weighted by atomic mass is 10.1. The van der Waals surface area contributed by atoms with Crippen LogP contribution in [0.5, 0.6) is 0 Å². The summed E-state index contributed by atoms with van der Waals surface area (Å²) in [4.78, 5) is 39.3. The molecule has 1 aliphatic heterocycles. The first kappa shape index (κ1) is 24.5. The minimum Gasteiger partial charge on any atom is -0.342 e. The molecule has 0 aliphatic carbocycles. The van der Waals surface area contributed by atoms with Crippen LogP contribution in [0.4, 0.5) is 14.9 Å². The highest BCUT2D eigenvalue weighted by Gasteiger charge is 2.36. The van der Waals surface area contributed by atoms with Crippen LogP contribution in [0.15, 0.2) is 83.9 Å². The van der Waals surface area contributed by atoms with E-state index in [1.807, 2.05) is 36.5 Å². The predicted octanol–water partition coefficient (Wildman–Crippen LogP) is 6.07. The number of halogens is 1. The lowest BCUT2D eigenvalue weighted by Gasteiger charge is -2.12. The summed E-state index contributed by atoms with van der Waals surface area (Å²) in [5, 5.41) is 3.07. The van der Waals surface area contributed by atoms with E-state index in [1.54, 1.807) is 6.08 Å². The Balaban J connectivity index is 1.41. The number of anilines is 1. The van der Waals surface area contributed by atoms with Crippen molar-refractivity contribution in [2.45, 2.75) is 19.9 Å². The molecule has 1 aliphatic rings. The Kier molecular flexibility index (Phi) is 6.92. The SMILES string of the molecule is CCc1cccc2c(/C=C3\SC(=O)N(CC(=O)Nc4ccc(F)cc4)C3=O)cn(Cc3ccccc3)c12. The molecule has 1 fully saturated rings. The van der Waals surface area contributed by atoms with Gasteiger partial charge < -0.3 is 9.88 Å². The van der Waals surface area contributed by atoms with Gasteiger partial charge in [-0.25, -0.2) is 4.39 Å². The number of amides is 3. The summed E-state index contributed by atoms with van der Waals surface area (Å²) in [5.41, 5.74) is 4.66. The number of aryl methyl sites for hydroxylation is 1. The molecule has 1 aromatic heterocycles. The predicted molar refractivity (Wildman–Crippen MR) is 145 cm³/mol. The van der Waals surface area contributed by atoms with Gasteiger partial charge in [-0.1, -0.05) is 55.5 Å². The molecule has 37 heavy (non-hydrogen) atoms. The van der Waals surface area contributed by atoms with E-state index in [0.717, 1.165) is 45.1 Å². The number of rotatable bonds is 7. The second-order valence-corrected chi connectivity index (χ2v) is 9.68. The maximum Gasteiger partial charge on any atom is 0.294 e. The molecule has 2 heterocycles. The van der Waals surface area contributed by atoms with Gasteiger partial charge in [-0.15, -0.1) is 0 Å². The summed E-state index contributed by atoms with van der Waals surface area (Å²) < 4.78 is 15.3. The molecule has 0 bridgehead atoms. The average Bonchev–Trinajstić information content (AvgIpc) is 3.37. The molecule has 0 unspecified atom stereocenters. The van der Waals surface area contributed by atoms with E-state index in [-0.39, 0.29) is 4.91 Å². The maximum atomic E-state index is 13.1. The number of benzene rings is 3. The van der Waals surface area contributed by atoms with Gasteiger partial charge in [0, 0.05) is 29.4 Å². The summed E-state index contributed by atoms with van der Waals surface area (Å²) >= 11 is 0.818. The fraction of sp³-hybridized carbons (Fsp3) is 0.138. The van der Waals surface area contributed by atoms with Gasteiger partial charge in [0.25, 0.3) is 11.1 Å². The minimum atomic E-state index is -0.540. The zero-order chi connectivity index (χ0) is 25.9. The Morgan fingerprint density at radius 2 is 1.76 bits per heavy atom. The Bertz CT molecular complexity index is 1530. The van der Waals surface area contributed by atoms with Crippen LogP contribution in [0.25, 0.3) is 17.0 Å². The zero-order valence-electron chi connectivity index (χ0n) is 20.1.